The molecule has 9 N–H and O–H groups in total. The molecule has 2 aromatic rings. The molecule has 101 heavy (non-hydrogen) atoms. The fourth-order valence-corrected chi connectivity index (χ4v) is 10.8. The number of aldehydes is 1. The number of primary amides is 1. The first kappa shape index (κ1) is 86.6. The molecule has 2 aromatic carbocycles. The summed E-state index contributed by atoms with van der Waals surface area (Å²) in [7, 11) is 5.98. The number of anilines is 1. The van der Waals surface area contributed by atoms with Crippen LogP contribution in [0.15, 0.2) is 71.8 Å². The van der Waals surface area contributed by atoms with E-state index in [0.717, 1.165) is 11.2 Å². The average Bonchev–Trinajstić information content (AvgIpc) is 0.837. The molecule has 29 heteroatoms. The average molecular weight is 1440 g/mol. The molecule has 0 aliphatic carbocycles. The Labute approximate surface area is 600 Å². The maximum atomic E-state index is 14.4. The molecule has 1 heterocycles. The third kappa shape index (κ3) is 29.8. The summed E-state index contributed by atoms with van der Waals surface area (Å²) in [4.78, 5) is 167. The van der Waals surface area contributed by atoms with Gasteiger partial charge in [-0.2, -0.15) is 0 Å². The number of rotatable bonds is 28. The van der Waals surface area contributed by atoms with E-state index < -0.39 is 133 Å². The van der Waals surface area contributed by atoms with Gasteiger partial charge in [-0.05, 0) is 125 Å². The number of ether oxygens (including phenoxy) is 4. The zero-order valence-electron chi connectivity index (χ0n) is 61.7. The Morgan fingerprint density at radius 2 is 1.40 bits per heavy atom. The first-order valence-electron chi connectivity index (χ1n) is 34.7. The molecule has 0 saturated heterocycles. The molecule has 0 radical (unpaired) electrons. The first-order chi connectivity index (χ1) is 47.6. The van der Waals surface area contributed by atoms with Crippen LogP contribution in [0.2, 0.25) is 5.02 Å². The molecule has 28 nitrogen and oxygen atoms in total. The number of nitrogens with two attached hydrogens (primary N) is 1. The van der Waals surface area contributed by atoms with Crippen LogP contribution in [0, 0.1) is 23.7 Å². The second-order valence-electron chi connectivity index (χ2n) is 26.9. The second kappa shape index (κ2) is 43.9. The SMILES string of the molecule is C/C=C(\C)[C@H]1OC(=O)[C@@H](C)NC(=O)[C@H]([C@H](C)CC)NC(=O)CN(C)C(=O)[C@@H](Cc2ccc(Cl)cc2)N(C)C(=O)[C@H](C)NC(=O)[C@@H](CC(C)C)OC(=O)/C(C)=C/C[C@H](OC(=O)N(C)CCCCCCN(C)C(=O)OCc2ccc(NC(=O)[C@H](CCCNC(N)=O)NN[C@H](C=O)C(C)C)cc2)[C@@H]1C. The Bertz CT molecular complexity index is 3150. The number of carbonyl (C=O) groups is 12. The number of amides is 10. The number of halogens is 1. The van der Waals surface area contributed by atoms with Crippen molar-refractivity contribution in [1.82, 2.24) is 51.7 Å². The molecule has 0 aromatic heterocycles. The van der Waals surface area contributed by atoms with Gasteiger partial charge in [-0.15, -0.1) is 0 Å². The lowest BCUT2D eigenvalue weighted by Gasteiger charge is -2.33. The molecule has 10 amide bonds. The van der Waals surface area contributed by atoms with Crippen molar-refractivity contribution < 1.29 is 76.5 Å². The van der Waals surface area contributed by atoms with Crippen LogP contribution in [0.5, 0.6) is 0 Å². The predicted molar refractivity (Wildman–Crippen MR) is 383 cm³/mol. The molecular weight excluding hydrogens is 1320 g/mol. The van der Waals surface area contributed by atoms with Crippen molar-refractivity contribution in [2.24, 2.45) is 29.4 Å². The number of cyclic esters (lactones) is 2. The van der Waals surface area contributed by atoms with Crippen LogP contribution in [-0.4, -0.2) is 200 Å². The highest BCUT2D eigenvalue weighted by Crippen LogP contribution is 2.27. The normalized spacial score (nSPS) is 22.1. The van der Waals surface area contributed by atoms with Gasteiger partial charge in [0.05, 0.1) is 12.6 Å². The van der Waals surface area contributed by atoms with Crippen molar-refractivity contribution in [2.75, 3.05) is 59.7 Å². The molecule has 1 aliphatic heterocycles. The topological polar surface area (TPSA) is 365 Å². The number of hydrogen-bond donors (Lipinski definition) is 8. The summed E-state index contributed by atoms with van der Waals surface area (Å²) in [5.41, 5.74) is 13.4. The van der Waals surface area contributed by atoms with Crippen LogP contribution in [0.4, 0.5) is 20.1 Å². The van der Waals surface area contributed by atoms with Gasteiger partial charge in [-0.3, -0.25) is 28.8 Å². The smallest absolute Gasteiger partial charge is 0.409 e. The van der Waals surface area contributed by atoms with Crippen LogP contribution in [0.1, 0.15) is 152 Å². The summed E-state index contributed by atoms with van der Waals surface area (Å²) < 4.78 is 23.8. The second-order valence-corrected chi connectivity index (χ2v) is 27.3. The molecule has 0 unspecified atom stereocenters. The minimum absolute atomic E-state index is 0.0194. The number of carbonyl (C=O) groups excluding carboxylic acids is 12. The van der Waals surface area contributed by atoms with E-state index in [2.05, 4.69) is 37.4 Å². The molecule has 3 rings (SSSR count). The van der Waals surface area contributed by atoms with Gasteiger partial charge in [-0.25, -0.2) is 34.8 Å². The number of hydrazine groups is 1. The van der Waals surface area contributed by atoms with E-state index in [1.807, 2.05) is 34.6 Å². The van der Waals surface area contributed by atoms with Gasteiger partial charge in [-0.1, -0.05) is 116 Å². The van der Waals surface area contributed by atoms with E-state index in [9.17, 15) is 57.5 Å². The third-order valence-corrected chi connectivity index (χ3v) is 17.9. The van der Waals surface area contributed by atoms with Gasteiger partial charge in [0.1, 0.15) is 55.3 Å². The number of urea groups is 1. The Kier molecular flexibility index (Phi) is 37.6. The summed E-state index contributed by atoms with van der Waals surface area (Å²) in [6.45, 7) is 20.8. The van der Waals surface area contributed by atoms with Crippen molar-refractivity contribution in [3.63, 3.8) is 0 Å². The van der Waals surface area contributed by atoms with Crippen molar-refractivity contribution in [1.29, 1.82) is 0 Å². The summed E-state index contributed by atoms with van der Waals surface area (Å²) in [6, 6.07) is 6.52. The molecule has 0 bridgehead atoms. The molecular formula is C72H111ClN12O16. The summed E-state index contributed by atoms with van der Waals surface area (Å²) in [6.07, 6.45) is 2.86. The molecule has 562 valence electrons. The lowest BCUT2D eigenvalue weighted by molar-refractivity contribution is -0.155. The van der Waals surface area contributed by atoms with E-state index in [1.165, 1.54) is 55.6 Å². The fourth-order valence-electron chi connectivity index (χ4n) is 10.7. The van der Waals surface area contributed by atoms with Gasteiger partial charge in [0.15, 0.2) is 6.10 Å². The van der Waals surface area contributed by atoms with Crippen molar-refractivity contribution in [2.45, 2.75) is 208 Å². The van der Waals surface area contributed by atoms with E-state index in [4.69, 9.17) is 36.3 Å². The summed E-state index contributed by atoms with van der Waals surface area (Å²) in [5.74, 6) is -7.08. The lowest BCUT2D eigenvalue weighted by atomic mass is 9.90. The quantitative estimate of drug-likeness (QED) is 0.0108. The Balaban J connectivity index is 1.80. The van der Waals surface area contributed by atoms with Crippen LogP contribution in [0.25, 0.3) is 0 Å². The van der Waals surface area contributed by atoms with E-state index in [0.29, 0.717) is 78.9 Å². The number of nitrogens with zero attached hydrogens (tertiary/aromatic N) is 4. The van der Waals surface area contributed by atoms with Crippen molar-refractivity contribution >= 4 is 89.2 Å². The van der Waals surface area contributed by atoms with Crippen LogP contribution < -0.4 is 43.2 Å². The molecule has 0 saturated carbocycles. The number of nitrogens with one attached hydrogen (secondary N) is 7. The molecule has 1 aliphatic rings. The number of allylic oxidation sites excluding steroid dienone is 1. The van der Waals surface area contributed by atoms with Crippen molar-refractivity contribution in [3.8, 4) is 0 Å². The van der Waals surface area contributed by atoms with Gasteiger partial charge >= 0.3 is 30.2 Å². The fraction of sp³-hybridized carbons (Fsp3) is 0.611. The van der Waals surface area contributed by atoms with Crippen LogP contribution in [-0.2, 0) is 75.1 Å². The van der Waals surface area contributed by atoms with Crippen LogP contribution >= 0.6 is 11.6 Å². The van der Waals surface area contributed by atoms with Gasteiger partial charge in [0, 0.05) is 82.9 Å². The largest absolute Gasteiger partial charge is 0.456 e. The number of esters is 2. The van der Waals surface area contributed by atoms with E-state index in [1.54, 1.807) is 96.4 Å². The highest BCUT2D eigenvalue weighted by molar-refractivity contribution is 6.30. The molecule has 0 spiro atoms. The summed E-state index contributed by atoms with van der Waals surface area (Å²) in [5, 5.41) is 13.9. The number of likely N-dealkylation sites (N-methyl/N-ethyl adjacent to an activating group) is 2. The Morgan fingerprint density at radius 3 is 1.97 bits per heavy atom. The maximum Gasteiger partial charge on any atom is 0.409 e. The Hall–Kier alpha value is -8.63. The van der Waals surface area contributed by atoms with Crippen molar-refractivity contribution in [3.05, 3.63) is 88.0 Å². The summed E-state index contributed by atoms with van der Waals surface area (Å²) >= 11 is 6.18. The van der Waals surface area contributed by atoms with Gasteiger partial charge < -0.3 is 75.7 Å². The monoisotopic (exact) mass is 1430 g/mol. The minimum Gasteiger partial charge on any atom is -0.456 e. The minimum atomic E-state index is -1.38. The number of unbranched alkanes of at least 4 members (excludes halogenated alkanes) is 3. The lowest BCUT2D eigenvalue weighted by Crippen LogP contribution is -2.57. The zero-order chi connectivity index (χ0) is 75.8. The first-order valence-corrected chi connectivity index (χ1v) is 35.1. The highest BCUT2D eigenvalue weighted by atomic mass is 35.5. The maximum absolute atomic E-state index is 14.4. The standard InChI is InChI=1S/C72H111ClN12O16/c1-17-45(7)61-65(90)77-50(12)69(94)101-62(46(8)18-2)48(10)58(34-25-47(9)68(93)99-59(38-43(3)4)64(89)76-49(11)66(91)85(16)57(39-51-26-30-53(73)31-27-51)67(92)84(15)40-60(87)79-61)100-72(97)83(14)37-22-20-19-21-36-82(13)71(96)98-42-52-28-32-54(33-29-52)78-63(88)55(24-23-35-75-70(74)95)80-81-56(41-86)44(5)6/h18,25-33,41,43-45,48-50,55-59,61-62,80-81H,17,19-24,34-40,42H2,1-16H3,(H,76,89)(H,77,90)(H,78,88)(H,79,87)(H3,74,75,95)/b46-18+,47-25+/t45-,48+,49+,50-,55+,56-,57-,58+,59-,61+,62-/m1/s1. The number of benzene rings is 2. The molecule has 11 atom stereocenters. The predicted octanol–water partition coefficient (Wildman–Crippen LogP) is 6.87. The van der Waals surface area contributed by atoms with E-state index >= 15 is 0 Å². The zero-order valence-corrected chi connectivity index (χ0v) is 62.5. The third-order valence-electron chi connectivity index (χ3n) is 17.6. The van der Waals surface area contributed by atoms with Crippen LogP contribution in [0.3, 0.4) is 0 Å². The van der Waals surface area contributed by atoms with Gasteiger partial charge in [0.25, 0.3) is 5.91 Å². The highest BCUT2D eigenvalue weighted by Gasteiger charge is 2.38. The van der Waals surface area contributed by atoms with Gasteiger partial charge in [0.2, 0.25) is 29.5 Å². The Morgan fingerprint density at radius 1 is 0.792 bits per heavy atom. The van der Waals surface area contributed by atoms with E-state index in [-0.39, 0.29) is 62.3 Å². The number of hydrogen-bond acceptors (Lipinski definition) is 18. The molecule has 0 fully saturated rings.